The lowest BCUT2D eigenvalue weighted by molar-refractivity contribution is -0.127. The summed E-state index contributed by atoms with van der Waals surface area (Å²) in [6, 6.07) is 11.7. The van der Waals surface area contributed by atoms with E-state index in [2.05, 4.69) is 20.6 Å². The predicted molar refractivity (Wildman–Crippen MR) is 159 cm³/mol. The first-order valence-corrected chi connectivity index (χ1v) is 14.5. The molecule has 0 radical (unpaired) electrons. The van der Waals surface area contributed by atoms with Crippen LogP contribution in [0.15, 0.2) is 48.7 Å². The van der Waals surface area contributed by atoms with Gasteiger partial charge in [-0.25, -0.2) is 9.97 Å². The number of aromatic nitrogens is 2. The van der Waals surface area contributed by atoms with Crippen LogP contribution in [0.25, 0.3) is 11.3 Å². The minimum absolute atomic E-state index is 0.203. The molecule has 1 aromatic heterocycles. The molecule has 1 fully saturated rings. The number of nitrogens with one attached hydrogen (secondary N) is 2. The summed E-state index contributed by atoms with van der Waals surface area (Å²) in [7, 11) is 3.33. The molecular weight excluding hydrogens is 558 g/mol. The number of anilines is 1. The number of hydrogen-bond acceptors (Lipinski definition) is 8. The molecule has 3 N–H and O–H groups in total. The summed E-state index contributed by atoms with van der Waals surface area (Å²) in [4.78, 5) is 37.2. The van der Waals surface area contributed by atoms with E-state index < -0.39 is 18.6 Å². The highest BCUT2D eigenvalue weighted by Crippen LogP contribution is 2.33. The summed E-state index contributed by atoms with van der Waals surface area (Å²) in [5, 5.41) is 16.8. The summed E-state index contributed by atoms with van der Waals surface area (Å²) in [5.74, 6) is 0.372. The van der Waals surface area contributed by atoms with Crippen molar-refractivity contribution >= 4 is 29.4 Å². The van der Waals surface area contributed by atoms with Crippen molar-refractivity contribution in [1.29, 1.82) is 0 Å². The van der Waals surface area contributed by atoms with Crippen LogP contribution >= 0.6 is 11.6 Å². The topological polar surface area (TPSA) is 126 Å². The third kappa shape index (κ3) is 6.35. The second kappa shape index (κ2) is 13.1. The fraction of sp³-hybridized carbons (Fsp3) is 0.419. The molecule has 0 saturated heterocycles. The largest absolute Gasteiger partial charge is 0.497 e. The highest BCUT2D eigenvalue weighted by atomic mass is 35.5. The second-order valence-corrected chi connectivity index (χ2v) is 11.2. The van der Waals surface area contributed by atoms with Gasteiger partial charge in [0.1, 0.15) is 11.8 Å². The molecule has 1 saturated carbocycles. The smallest absolute Gasteiger partial charge is 0.255 e. The van der Waals surface area contributed by atoms with Gasteiger partial charge in [0.05, 0.1) is 42.8 Å². The molecule has 0 spiro atoms. The number of fused-ring (bicyclic) bond motifs is 1. The van der Waals surface area contributed by atoms with Gasteiger partial charge in [-0.3, -0.25) is 9.59 Å². The molecule has 2 amide bonds. The Labute approximate surface area is 250 Å². The van der Waals surface area contributed by atoms with Gasteiger partial charge in [-0.05, 0) is 61.9 Å². The molecule has 11 heteroatoms. The van der Waals surface area contributed by atoms with Gasteiger partial charge >= 0.3 is 0 Å². The summed E-state index contributed by atoms with van der Waals surface area (Å²) in [5.41, 5.74) is 3.23. The normalized spacial score (nSPS) is 19.6. The monoisotopic (exact) mass is 593 g/mol. The van der Waals surface area contributed by atoms with Gasteiger partial charge in [0.15, 0.2) is 0 Å². The van der Waals surface area contributed by atoms with Crippen molar-refractivity contribution in [3.05, 3.63) is 70.4 Å². The van der Waals surface area contributed by atoms with Crippen LogP contribution in [0.3, 0.4) is 0 Å². The number of benzene rings is 2. The van der Waals surface area contributed by atoms with Gasteiger partial charge in [-0.2, -0.15) is 0 Å². The fourth-order valence-electron chi connectivity index (χ4n) is 5.61. The highest BCUT2D eigenvalue weighted by Gasteiger charge is 2.37. The number of aliphatic hydroxyl groups is 1. The summed E-state index contributed by atoms with van der Waals surface area (Å²) in [6.07, 6.45) is 5.72. The van der Waals surface area contributed by atoms with Crippen molar-refractivity contribution in [1.82, 2.24) is 20.2 Å². The number of nitrogens with zero attached hydrogens (tertiary/aromatic N) is 3. The Hall–Kier alpha value is -3.73. The van der Waals surface area contributed by atoms with Crippen molar-refractivity contribution in [3.8, 4) is 17.0 Å². The number of rotatable bonds is 10. The first kappa shape index (κ1) is 29.8. The Kier molecular flexibility index (Phi) is 9.25. The number of carbonyl (C=O) groups excluding carboxylic acids is 2. The molecule has 2 atom stereocenters. The number of aliphatic hydroxyl groups excluding tert-OH is 1. The lowest BCUT2D eigenvalue weighted by Crippen LogP contribution is -2.49. The summed E-state index contributed by atoms with van der Waals surface area (Å²) < 4.78 is 10.7. The van der Waals surface area contributed by atoms with Crippen LogP contribution in [0.1, 0.15) is 60.1 Å². The van der Waals surface area contributed by atoms with Crippen molar-refractivity contribution in [2.75, 3.05) is 26.1 Å². The molecule has 1 aliphatic carbocycles. The SMILES string of the molecule is COc1cccc(C(C)NC(=O)C(CO)N2Cc3ccc(-c4nc(NC5CCC(OC)CC5)ncc4Cl)cc3C2=O)c1. The summed E-state index contributed by atoms with van der Waals surface area (Å²) >= 11 is 6.50. The molecule has 2 unspecified atom stereocenters. The molecule has 5 rings (SSSR count). The lowest BCUT2D eigenvalue weighted by Gasteiger charge is -2.28. The quantitative estimate of drug-likeness (QED) is 0.316. The van der Waals surface area contributed by atoms with Gasteiger partial charge in [0.2, 0.25) is 11.9 Å². The number of ether oxygens (including phenoxy) is 2. The van der Waals surface area contributed by atoms with Crippen LogP contribution in [0, 0.1) is 0 Å². The molecule has 0 bridgehead atoms. The lowest BCUT2D eigenvalue weighted by atomic mass is 9.93. The molecule has 10 nitrogen and oxygen atoms in total. The standard InChI is InChI=1S/C31H36ClN5O5/c1-18(19-5-4-6-24(13-19)42-3)34-29(39)27(17-38)37-16-21-8-7-20(14-25(21)30(37)40)28-26(32)15-33-31(36-28)35-22-9-11-23(41-2)12-10-22/h4-8,13-15,18,22-23,27,38H,9-12,16-17H2,1-3H3,(H,34,39)(H,33,35,36). The molecular formula is C31H36ClN5O5. The van der Waals surface area contributed by atoms with E-state index in [9.17, 15) is 14.7 Å². The molecule has 222 valence electrons. The third-order valence-corrected chi connectivity index (χ3v) is 8.38. The first-order chi connectivity index (χ1) is 20.3. The van der Waals surface area contributed by atoms with Crippen molar-refractivity contribution in [3.63, 3.8) is 0 Å². The van der Waals surface area contributed by atoms with E-state index in [-0.39, 0.29) is 24.5 Å². The number of halogens is 1. The predicted octanol–water partition coefficient (Wildman–Crippen LogP) is 4.37. The number of carbonyl (C=O) groups is 2. The maximum atomic E-state index is 13.5. The Morgan fingerprint density at radius 2 is 1.95 bits per heavy atom. The zero-order valence-electron chi connectivity index (χ0n) is 24.0. The number of methoxy groups -OCH3 is 2. The third-order valence-electron chi connectivity index (χ3n) is 8.10. The molecule has 2 aromatic carbocycles. The van der Waals surface area contributed by atoms with Gasteiger partial charge in [0.25, 0.3) is 5.91 Å². The Morgan fingerprint density at radius 1 is 1.17 bits per heavy atom. The van der Waals surface area contributed by atoms with E-state index in [4.69, 9.17) is 21.1 Å². The second-order valence-electron chi connectivity index (χ2n) is 10.8. The van der Waals surface area contributed by atoms with E-state index in [1.165, 1.54) is 4.90 Å². The molecule has 2 heterocycles. The van der Waals surface area contributed by atoms with Gasteiger partial charge in [-0.1, -0.05) is 35.9 Å². The highest BCUT2D eigenvalue weighted by molar-refractivity contribution is 6.33. The summed E-state index contributed by atoms with van der Waals surface area (Å²) in [6.45, 7) is 1.53. The van der Waals surface area contributed by atoms with Gasteiger partial charge in [-0.15, -0.1) is 0 Å². The van der Waals surface area contributed by atoms with E-state index in [1.807, 2.05) is 43.3 Å². The van der Waals surface area contributed by atoms with Crippen LogP contribution in [0.5, 0.6) is 5.75 Å². The minimum atomic E-state index is -1.05. The Bertz CT molecular complexity index is 1440. The van der Waals surface area contributed by atoms with Gasteiger partial charge in [0, 0.05) is 30.8 Å². The number of amides is 2. The van der Waals surface area contributed by atoms with Crippen molar-refractivity contribution < 1.29 is 24.2 Å². The minimum Gasteiger partial charge on any atom is -0.497 e. The number of hydrogen-bond donors (Lipinski definition) is 3. The van der Waals surface area contributed by atoms with Crippen molar-refractivity contribution in [2.24, 2.45) is 0 Å². The Balaban J connectivity index is 1.30. The van der Waals surface area contributed by atoms with Gasteiger partial charge < -0.3 is 30.1 Å². The average molecular weight is 594 g/mol. The van der Waals surface area contributed by atoms with Crippen LogP contribution < -0.4 is 15.4 Å². The fourth-order valence-corrected chi connectivity index (χ4v) is 5.81. The van der Waals surface area contributed by atoms with Crippen LogP contribution in [-0.4, -0.2) is 70.8 Å². The zero-order valence-corrected chi connectivity index (χ0v) is 24.7. The van der Waals surface area contributed by atoms with Crippen LogP contribution in [0.2, 0.25) is 5.02 Å². The maximum absolute atomic E-state index is 13.5. The van der Waals surface area contributed by atoms with E-state index in [1.54, 1.807) is 26.5 Å². The van der Waals surface area contributed by atoms with Crippen molar-refractivity contribution in [2.45, 2.75) is 63.4 Å². The average Bonchev–Trinajstić information content (AvgIpc) is 3.33. The Morgan fingerprint density at radius 3 is 2.67 bits per heavy atom. The molecule has 3 aromatic rings. The maximum Gasteiger partial charge on any atom is 0.255 e. The van der Waals surface area contributed by atoms with Crippen LogP contribution in [-0.2, 0) is 16.1 Å². The van der Waals surface area contributed by atoms with E-state index in [0.717, 1.165) is 36.8 Å². The first-order valence-electron chi connectivity index (χ1n) is 14.1. The molecule has 1 aliphatic heterocycles. The van der Waals surface area contributed by atoms with E-state index in [0.29, 0.717) is 39.6 Å². The molecule has 42 heavy (non-hydrogen) atoms. The zero-order chi connectivity index (χ0) is 29.8. The molecule has 2 aliphatic rings. The van der Waals surface area contributed by atoms with Crippen LogP contribution in [0.4, 0.5) is 5.95 Å². The van der Waals surface area contributed by atoms with E-state index >= 15 is 0 Å².